The highest BCUT2D eigenvalue weighted by atomic mass is 19.4. The number of carbonyl (C=O) groups is 1. The van der Waals surface area contributed by atoms with Crippen molar-refractivity contribution in [2.45, 2.75) is 58.5 Å². The van der Waals surface area contributed by atoms with Crippen molar-refractivity contribution < 1.29 is 28.2 Å². The summed E-state index contributed by atoms with van der Waals surface area (Å²) in [5.41, 5.74) is 4.46. The zero-order chi connectivity index (χ0) is 27.5. The molecule has 2 rings (SSSR count). The van der Waals surface area contributed by atoms with E-state index in [9.17, 15) is 26.7 Å². The summed E-state index contributed by atoms with van der Waals surface area (Å²) in [7, 11) is 1.80. The fourth-order valence-corrected chi connectivity index (χ4v) is 3.76. The van der Waals surface area contributed by atoms with Crippen LogP contribution in [0.25, 0.3) is 0 Å². The lowest BCUT2D eigenvalue weighted by Gasteiger charge is -2.30. The van der Waals surface area contributed by atoms with E-state index in [-0.39, 0.29) is 13.4 Å². The van der Waals surface area contributed by atoms with Crippen LogP contribution in [-0.2, 0) is 11.2 Å². The van der Waals surface area contributed by atoms with Gasteiger partial charge in [0.2, 0.25) is 0 Å². The lowest BCUT2D eigenvalue weighted by Crippen LogP contribution is -2.25. The molecule has 0 spiro atoms. The highest BCUT2D eigenvalue weighted by Crippen LogP contribution is 2.35. The quantitative estimate of drug-likeness (QED) is 0.135. The van der Waals surface area contributed by atoms with E-state index in [2.05, 4.69) is 25.1 Å². The minimum Gasteiger partial charge on any atom is -0.292 e. The van der Waals surface area contributed by atoms with Crippen LogP contribution in [0.15, 0.2) is 71.0 Å². The zero-order valence-electron chi connectivity index (χ0n) is 22.2. The molecule has 0 aromatic heterocycles. The molecular weight excluding hydrogens is 473 g/mol. The van der Waals surface area contributed by atoms with Gasteiger partial charge in [-0.3, -0.25) is 9.79 Å². The van der Waals surface area contributed by atoms with Crippen LogP contribution in [0.5, 0.6) is 0 Å². The third-order valence-corrected chi connectivity index (χ3v) is 5.88. The third kappa shape index (κ3) is 10.0. The number of benzene rings is 1. The van der Waals surface area contributed by atoms with E-state index in [0.29, 0.717) is 30.7 Å². The van der Waals surface area contributed by atoms with Crippen molar-refractivity contribution in [2.75, 3.05) is 7.05 Å². The van der Waals surface area contributed by atoms with Crippen LogP contribution in [0.3, 0.4) is 0 Å². The van der Waals surface area contributed by atoms with Gasteiger partial charge in [-0.15, -0.1) is 0 Å². The maximum absolute atomic E-state index is 14.4. The molecule has 0 heterocycles. The molecule has 197 valence electrons. The molecule has 0 saturated heterocycles. The van der Waals surface area contributed by atoms with Gasteiger partial charge in [0.15, 0.2) is 11.6 Å². The van der Waals surface area contributed by atoms with E-state index in [1.165, 1.54) is 18.6 Å². The second-order valence-electron chi connectivity index (χ2n) is 8.57. The molecule has 1 aromatic rings. The normalized spacial score (nSPS) is 15.4. The number of ketones is 1. The first-order chi connectivity index (χ1) is 16.8. The maximum Gasteiger partial charge on any atom is 0.396 e. The maximum atomic E-state index is 14.4. The topological polar surface area (TPSA) is 29.4 Å². The van der Waals surface area contributed by atoms with Crippen molar-refractivity contribution in [3.05, 3.63) is 96.3 Å². The molecule has 0 amide bonds. The molecule has 2 nitrogen and oxygen atoms in total. The summed E-state index contributed by atoms with van der Waals surface area (Å²) in [6.45, 7) is 13.7. The SMILES string of the molecule is C=C(F)C(C)=O.[CH2]CC(=C/C=C)/C(C(=NC)C1CCC1)=C(\C)CCc1ccc([CH]C(F)(F)F)cc1F.[H]. The van der Waals surface area contributed by atoms with Crippen molar-refractivity contribution >= 4 is 11.5 Å². The van der Waals surface area contributed by atoms with E-state index in [1.54, 1.807) is 13.1 Å². The Morgan fingerprint density at radius 1 is 1.25 bits per heavy atom. The summed E-state index contributed by atoms with van der Waals surface area (Å²) in [5.74, 6) is -1.68. The zero-order valence-corrected chi connectivity index (χ0v) is 21.2. The van der Waals surface area contributed by atoms with Gasteiger partial charge >= 0.3 is 6.18 Å². The van der Waals surface area contributed by atoms with E-state index in [0.717, 1.165) is 48.3 Å². The highest BCUT2D eigenvalue weighted by Gasteiger charge is 2.29. The molecule has 1 saturated carbocycles. The fourth-order valence-electron chi connectivity index (χ4n) is 3.76. The number of nitrogens with zero attached hydrogens (tertiary/aromatic N) is 1. The first kappa shape index (κ1) is 31.2. The molecule has 1 aliphatic carbocycles. The monoisotopic (exact) mass is 508 g/mol. The van der Waals surface area contributed by atoms with Gasteiger partial charge < -0.3 is 0 Å². The molecule has 0 bridgehead atoms. The van der Waals surface area contributed by atoms with Gasteiger partial charge in [0.1, 0.15) is 5.82 Å². The van der Waals surface area contributed by atoms with E-state index in [4.69, 9.17) is 0 Å². The molecule has 1 aliphatic rings. The predicted molar refractivity (Wildman–Crippen MR) is 138 cm³/mol. The number of alkyl halides is 3. The third-order valence-electron chi connectivity index (χ3n) is 5.88. The number of hydrogen-bond acceptors (Lipinski definition) is 2. The van der Waals surface area contributed by atoms with E-state index in [1.807, 2.05) is 13.0 Å². The molecule has 1 aromatic carbocycles. The molecule has 7 heteroatoms. The number of halogens is 5. The van der Waals surface area contributed by atoms with Gasteiger partial charge in [0.05, 0.1) is 6.42 Å². The van der Waals surface area contributed by atoms with Crippen LogP contribution in [0.2, 0.25) is 0 Å². The fraction of sp³-hybridized carbons (Fsp3) is 0.379. The average molecular weight is 509 g/mol. The lowest BCUT2D eigenvalue weighted by molar-refractivity contribution is -0.114. The molecule has 0 N–H and O–H groups in total. The molecule has 36 heavy (non-hydrogen) atoms. The Kier molecular flexibility index (Phi) is 12.7. The minimum absolute atomic E-state index is 0. The summed E-state index contributed by atoms with van der Waals surface area (Å²) < 4.78 is 63.1. The number of allylic oxidation sites excluding steroid dienone is 6. The highest BCUT2D eigenvalue weighted by molar-refractivity contribution is 6.06. The summed E-state index contributed by atoms with van der Waals surface area (Å²) in [6, 6.07) is 3.68. The van der Waals surface area contributed by atoms with Gasteiger partial charge in [-0.2, -0.15) is 13.2 Å². The molecule has 3 radical (unpaired) electrons. The van der Waals surface area contributed by atoms with Crippen molar-refractivity contribution in [3.8, 4) is 0 Å². The van der Waals surface area contributed by atoms with Crippen LogP contribution in [0.1, 0.15) is 58.5 Å². The largest absolute Gasteiger partial charge is 0.396 e. The number of aliphatic imine (C=N–C) groups is 1. The van der Waals surface area contributed by atoms with Crippen molar-refractivity contribution in [3.63, 3.8) is 0 Å². The van der Waals surface area contributed by atoms with Gasteiger partial charge in [0.25, 0.3) is 0 Å². The van der Waals surface area contributed by atoms with Crippen LogP contribution < -0.4 is 0 Å². The van der Waals surface area contributed by atoms with E-state index >= 15 is 0 Å². The first-order valence-corrected chi connectivity index (χ1v) is 11.7. The number of Topliss-reactive ketones (excluding diaryl/α,β-unsaturated/α-hetero) is 1. The van der Waals surface area contributed by atoms with Crippen molar-refractivity contribution in [2.24, 2.45) is 10.9 Å². The summed E-state index contributed by atoms with van der Waals surface area (Å²) in [4.78, 5) is 14.2. The van der Waals surface area contributed by atoms with Crippen LogP contribution in [0.4, 0.5) is 22.0 Å². The first-order valence-electron chi connectivity index (χ1n) is 11.7. The van der Waals surface area contributed by atoms with Crippen LogP contribution in [-0.4, -0.2) is 24.7 Å². The smallest absolute Gasteiger partial charge is 0.292 e. The lowest BCUT2D eigenvalue weighted by atomic mass is 9.75. The Morgan fingerprint density at radius 2 is 1.86 bits per heavy atom. The Hall–Kier alpha value is -2.83. The molecule has 0 atom stereocenters. The van der Waals surface area contributed by atoms with Crippen molar-refractivity contribution in [1.82, 2.24) is 0 Å². The number of carbonyl (C=O) groups excluding carboxylic acids is 1. The van der Waals surface area contributed by atoms with Crippen LogP contribution in [0, 0.1) is 25.1 Å². The Labute approximate surface area is 212 Å². The average Bonchev–Trinajstić information content (AvgIpc) is 2.75. The minimum atomic E-state index is -4.47. The Balaban J connectivity index is 0.00000165. The molecular formula is C29H35F5NO. The second-order valence-corrected chi connectivity index (χ2v) is 8.57. The van der Waals surface area contributed by atoms with Crippen molar-refractivity contribution in [1.29, 1.82) is 0 Å². The second kappa shape index (κ2) is 14.7. The van der Waals surface area contributed by atoms with Crippen LogP contribution >= 0.6 is 0 Å². The molecule has 0 unspecified atom stereocenters. The van der Waals surface area contributed by atoms with E-state index < -0.39 is 23.6 Å². The van der Waals surface area contributed by atoms with Gasteiger partial charge in [-0.1, -0.05) is 49.4 Å². The van der Waals surface area contributed by atoms with Gasteiger partial charge in [0, 0.05) is 27.0 Å². The summed E-state index contributed by atoms with van der Waals surface area (Å²) in [5, 5.41) is 0. The standard InChI is InChI=1S/C25H29F4N.C4H5FO.H/c1-5-8-19(6-2)23(24(30-4)21-9-7-10-21)17(3)11-13-20-14-12-18(15-22(20)26)16-25(27,28)29;1-3(5)4(2)6;/h5,8,12,14-16,21H,1-2,6-7,9-11,13H2,3-4H3;1H2,2H3;/b19-8-,23-17-,30-24?;;. The number of aryl methyl sites for hydroxylation is 1. The summed E-state index contributed by atoms with van der Waals surface area (Å²) in [6.07, 6.45) is 4.27. The summed E-state index contributed by atoms with van der Waals surface area (Å²) >= 11 is 0. The van der Waals surface area contributed by atoms with Gasteiger partial charge in [-0.25, -0.2) is 8.78 Å². The predicted octanol–water partition coefficient (Wildman–Crippen LogP) is 8.57. The Bertz CT molecular complexity index is 1020. The van der Waals surface area contributed by atoms with Gasteiger partial charge in [-0.05, 0) is 74.3 Å². The number of hydrogen-bond donors (Lipinski definition) is 0. The molecule has 0 aliphatic heterocycles. The number of rotatable bonds is 10. The Morgan fingerprint density at radius 3 is 2.25 bits per heavy atom. The molecule has 1 fully saturated rings.